The first kappa shape index (κ1) is 14.3. The highest BCUT2D eigenvalue weighted by Gasteiger charge is 2.22. The lowest BCUT2D eigenvalue weighted by Gasteiger charge is -2.15. The number of halogens is 2. The average Bonchev–Trinajstić information content (AvgIpc) is 2.85. The van der Waals surface area contributed by atoms with Crippen LogP contribution in [0.4, 0.5) is 5.69 Å². The molecule has 0 saturated heterocycles. The summed E-state index contributed by atoms with van der Waals surface area (Å²) in [5, 5.41) is 4.32. The molecule has 20 heavy (non-hydrogen) atoms. The second kappa shape index (κ2) is 6.00. The molecule has 3 rings (SSSR count). The van der Waals surface area contributed by atoms with Crippen molar-refractivity contribution in [2.75, 3.05) is 17.6 Å². The highest BCUT2D eigenvalue weighted by atomic mass is 79.9. The van der Waals surface area contributed by atoms with E-state index in [0.29, 0.717) is 5.92 Å². The van der Waals surface area contributed by atoms with Crippen molar-refractivity contribution in [3.05, 3.63) is 57.0 Å². The van der Waals surface area contributed by atoms with Crippen LogP contribution in [0.2, 0.25) is 5.02 Å². The largest absolute Gasteiger partial charge is 0.383 e. The van der Waals surface area contributed by atoms with Crippen LogP contribution in [0.25, 0.3) is 0 Å². The Bertz CT molecular complexity index is 644. The second-order valence-electron chi connectivity index (χ2n) is 5.01. The zero-order chi connectivity index (χ0) is 14.1. The summed E-state index contributed by atoms with van der Waals surface area (Å²) in [6, 6.07) is 12.7. The fraction of sp³-hybridized carbons (Fsp3) is 0.250. The van der Waals surface area contributed by atoms with Crippen LogP contribution < -0.4 is 5.32 Å². The number of hydrogen-bond donors (Lipinski definition) is 1. The first-order chi connectivity index (χ1) is 9.65. The third-order valence-electron chi connectivity index (χ3n) is 3.59. The highest BCUT2D eigenvalue weighted by molar-refractivity contribution is 9.10. The summed E-state index contributed by atoms with van der Waals surface area (Å²) in [5.41, 5.74) is 3.61. The van der Waals surface area contributed by atoms with Crippen molar-refractivity contribution in [3.8, 4) is 0 Å². The van der Waals surface area contributed by atoms with E-state index in [4.69, 9.17) is 11.6 Å². The second-order valence-corrected chi connectivity index (χ2v) is 7.33. The van der Waals surface area contributed by atoms with E-state index < -0.39 is 0 Å². The number of fused-ring (bicyclic) bond motifs is 1. The smallest absolute Gasteiger partial charge is 0.0499 e. The molecule has 0 fully saturated rings. The normalized spacial score (nSPS) is 17.1. The molecule has 0 saturated carbocycles. The summed E-state index contributed by atoms with van der Waals surface area (Å²) in [6.45, 7) is 2.95. The lowest BCUT2D eigenvalue weighted by atomic mass is 10.0. The zero-order valence-electron chi connectivity index (χ0n) is 11.1. The van der Waals surface area contributed by atoms with Gasteiger partial charge in [-0.15, -0.1) is 11.8 Å². The summed E-state index contributed by atoms with van der Waals surface area (Å²) in [6.07, 6.45) is 0. The summed E-state index contributed by atoms with van der Waals surface area (Å²) in [4.78, 5) is 1.42. The number of aryl methyl sites for hydroxylation is 1. The predicted molar refractivity (Wildman–Crippen MR) is 92.3 cm³/mol. The van der Waals surface area contributed by atoms with Crippen LogP contribution in [0.5, 0.6) is 0 Å². The van der Waals surface area contributed by atoms with Crippen molar-refractivity contribution in [1.82, 2.24) is 0 Å². The molecule has 104 valence electrons. The molecule has 0 radical (unpaired) electrons. The first-order valence-electron chi connectivity index (χ1n) is 6.56. The maximum Gasteiger partial charge on any atom is 0.0499 e. The molecule has 1 unspecified atom stereocenters. The van der Waals surface area contributed by atoms with Gasteiger partial charge in [-0.3, -0.25) is 0 Å². The molecule has 1 nitrogen and oxygen atoms in total. The van der Waals surface area contributed by atoms with Gasteiger partial charge in [0.25, 0.3) is 0 Å². The molecular weight excluding hydrogens is 354 g/mol. The van der Waals surface area contributed by atoms with Gasteiger partial charge in [-0.05, 0) is 52.2 Å². The quantitative estimate of drug-likeness (QED) is 0.744. The van der Waals surface area contributed by atoms with Gasteiger partial charge in [-0.2, -0.15) is 0 Å². The van der Waals surface area contributed by atoms with E-state index in [1.54, 1.807) is 0 Å². The third kappa shape index (κ3) is 2.85. The van der Waals surface area contributed by atoms with E-state index in [1.807, 2.05) is 24.8 Å². The third-order valence-corrected chi connectivity index (χ3v) is 5.90. The summed E-state index contributed by atoms with van der Waals surface area (Å²) < 4.78 is 1.07. The molecule has 0 amide bonds. The molecule has 0 spiro atoms. The monoisotopic (exact) mass is 367 g/mol. The van der Waals surface area contributed by atoms with Crippen LogP contribution in [0.1, 0.15) is 17.0 Å². The number of benzene rings is 2. The van der Waals surface area contributed by atoms with Crippen molar-refractivity contribution >= 4 is 45.0 Å². The van der Waals surface area contributed by atoms with Crippen LogP contribution >= 0.6 is 39.3 Å². The van der Waals surface area contributed by atoms with Gasteiger partial charge in [0.05, 0.1) is 0 Å². The Kier molecular flexibility index (Phi) is 4.29. The molecular formula is C16H15BrClNS. The molecule has 0 bridgehead atoms. The van der Waals surface area contributed by atoms with Gasteiger partial charge in [0.1, 0.15) is 0 Å². The molecule has 1 N–H and O–H groups in total. The number of rotatable bonds is 3. The minimum Gasteiger partial charge on any atom is -0.383 e. The maximum absolute atomic E-state index is 6.20. The lowest BCUT2D eigenvalue weighted by molar-refractivity contribution is 0.818. The van der Waals surface area contributed by atoms with Crippen LogP contribution in [0.3, 0.4) is 0 Å². The molecule has 2 aromatic carbocycles. The van der Waals surface area contributed by atoms with Crippen molar-refractivity contribution in [2.24, 2.45) is 0 Å². The Balaban J connectivity index is 1.74. The van der Waals surface area contributed by atoms with Crippen LogP contribution in [-0.4, -0.2) is 12.3 Å². The maximum atomic E-state index is 6.20. The minimum absolute atomic E-state index is 0.558. The first-order valence-corrected chi connectivity index (χ1v) is 8.72. The fourth-order valence-corrected chi connectivity index (χ4v) is 4.43. The van der Waals surface area contributed by atoms with E-state index in [1.165, 1.54) is 10.5 Å². The minimum atomic E-state index is 0.558. The van der Waals surface area contributed by atoms with Gasteiger partial charge in [0, 0.05) is 38.3 Å². The van der Waals surface area contributed by atoms with Crippen molar-refractivity contribution in [3.63, 3.8) is 0 Å². The van der Waals surface area contributed by atoms with Gasteiger partial charge >= 0.3 is 0 Å². The summed E-state index contributed by atoms with van der Waals surface area (Å²) in [5.74, 6) is 1.70. The van der Waals surface area contributed by atoms with Crippen molar-refractivity contribution in [1.29, 1.82) is 0 Å². The Morgan fingerprint density at radius 2 is 2.15 bits per heavy atom. The van der Waals surface area contributed by atoms with Crippen molar-refractivity contribution < 1.29 is 0 Å². The number of thioether (sulfide) groups is 1. The molecule has 1 atom stereocenters. The predicted octanol–water partition coefficient (Wildman–Crippen LogP) is 5.71. The van der Waals surface area contributed by atoms with E-state index >= 15 is 0 Å². The molecule has 4 heteroatoms. The van der Waals surface area contributed by atoms with E-state index in [9.17, 15) is 0 Å². The number of anilines is 1. The SMILES string of the molecule is Cc1cc(Br)c(NCC2CSc3ccccc32)cc1Cl. The molecule has 2 aromatic rings. The molecule has 0 aromatic heterocycles. The number of hydrogen-bond acceptors (Lipinski definition) is 2. The van der Waals surface area contributed by atoms with Gasteiger partial charge in [0.15, 0.2) is 0 Å². The summed E-state index contributed by atoms with van der Waals surface area (Å²) >= 11 is 11.7. The van der Waals surface area contributed by atoms with E-state index in [2.05, 4.69) is 51.6 Å². The zero-order valence-corrected chi connectivity index (χ0v) is 14.3. The van der Waals surface area contributed by atoms with Gasteiger partial charge in [0.2, 0.25) is 0 Å². The molecule has 1 aliphatic heterocycles. The van der Waals surface area contributed by atoms with Crippen molar-refractivity contribution in [2.45, 2.75) is 17.7 Å². The highest BCUT2D eigenvalue weighted by Crippen LogP contribution is 2.39. The summed E-state index contributed by atoms with van der Waals surface area (Å²) in [7, 11) is 0. The average molecular weight is 369 g/mol. The fourth-order valence-electron chi connectivity index (χ4n) is 2.41. The molecule has 1 aliphatic rings. The van der Waals surface area contributed by atoms with Crippen LogP contribution in [0.15, 0.2) is 45.8 Å². The standard InChI is InChI=1S/C16H15BrClNS/c1-10-6-13(17)15(7-14(10)18)19-8-11-9-20-16-5-3-2-4-12(11)16/h2-7,11,19H,8-9H2,1H3. The van der Waals surface area contributed by atoms with Gasteiger partial charge in [-0.1, -0.05) is 29.8 Å². The Morgan fingerprint density at radius 3 is 3.00 bits per heavy atom. The Morgan fingerprint density at radius 1 is 1.35 bits per heavy atom. The molecule has 1 heterocycles. The van der Waals surface area contributed by atoms with E-state index in [-0.39, 0.29) is 0 Å². The van der Waals surface area contributed by atoms with Gasteiger partial charge < -0.3 is 5.32 Å². The Labute approximate surface area is 137 Å². The van der Waals surface area contributed by atoms with Gasteiger partial charge in [-0.25, -0.2) is 0 Å². The lowest BCUT2D eigenvalue weighted by Crippen LogP contribution is -2.12. The van der Waals surface area contributed by atoms with Crippen LogP contribution in [-0.2, 0) is 0 Å². The Hall–Kier alpha value is -0.640. The topological polar surface area (TPSA) is 12.0 Å². The molecule has 0 aliphatic carbocycles. The number of nitrogens with one attached hydrogen (secondary N) is 1. The van der Waals surface area contributed by atoms with Crippen LogP contribution in [0, 0.1) is 6.92 Å². The van der Waals surface area contributed by atoms with E-state index in [0.717, 1.165) is 33.0 Å².